The van der Waals surface area contributed by atoms with Crippen LogP contribution >= 0.6 is 11.6 Å². The van der Waals surface area contributed by atoms with E-state index in [0.717, 1.165) is 43.1 Å². The summed E-state index contributed by atoms with van der Waals surface area (Å²) < 4.78 is 0. The molecule has 0 saturated carbocycles. The van der Waals surface area contributed by atoms with Gasteiger partial charge < -0.3 is 20.0 Å². The van der Waals surface area contributed by atoms with Crippen LogP contribution < -0.4 is 9.80 Å². The number of rotatable bonds is 9. The van der Waals surface area contributed by atoms with Crippen LogP contribution in [0.4, 0.5) is 11.4 Å². The van der Waals surface area contributed by atoms with E-state index in [4.69, 9.17) is 11.6 Å². The molecule has 0 spiro atoms. The molecule has 0 unspecified atom stereocenters. The second-order valence-electron chi connectivity index (χ2n) is 7.79. The number of hydrogen-bond acceptors (Lipinski definition) is 4. The van der Waals surface area contributed by atoms with Gasteiger partial charge in [0.2, 0.25) is 0 Å². The smallest absolute Gasteiger partial charge is 0.121 e. The van der Waals surface area contributed by atoms with Crippen molar-refractivity contribution in [1.29, 1.82) is 0 Å². The number of nitrogens with zero attached hydrogens (tertiary/aromatic N) is 2. The van der Waals surface area contributed by atoms with Gasteiger partial charge in [-0.3, -0.25) is 0 Å². The Hall–Kier alpha value is -2.85. The van der Waals surface area contributed by atoms with Gasteiger partial charge in [0.1, 0.15) is 11.5 Å². The van der Waals surface area contributed by atoms with Gasteiger partial charge in [0.05, 0.1) is 0 Å². The molecule has 170 valence electrons. The Morgan fingerprint density at radius 3 is 1.47 bits per heavy atom. The molecule has 0 aromatic heterocycles. The molecule has 0 atom stereocenters. The SMILES string of the molecule is CCN(CC)c1ccc(C(c2ccc(N(CC)CC)cc2O)c2ccccc2Cl)c(O)c1. The molecule has 2 N–H and O–H groups in total. The van der Waals surface area contributed by atoms with Gasteiger partial charge in [-0.1, -0.05) is 41.9 Å². The van der Waals surface area contributed by atoms with E-state index >= 15 is 0 Å². The first-order chi connectivity index (χ1) is 15.4. The van der Waals surface area contributed by atoms with E-state index in [1.165, 1.54) is 0 Å². The molecule has 5 heteroatoms. The lowest BCUT2D eigenvalue weighted by Crippen LogP contribution is -2.22. The summed E-state index contributed by atoms with van der Waals surface area (Å²) in [5.74, 6) is -0.0294. The average Bonchev–Trinajstić information content (AvgIpc) is 2.79. The number of phenols is 2. The standard InChI is InChI=1S/C27H33ClN2O2/c1-5-29(6-2)19-13-15-22(25(31)17-19)27(21-11-9-10-12-24(21)28)23-16-14-20(18-26(23)32)30(7-3)8-4/h9-18,27,31-32H,5-8H2,1-4H3. The molecule has 0 radical (unpaired) electrons. The fourth-order valence-electron chi connectivity index (χ4n) is 4.34. The molecule has 0 heterocycles. The molecule has 0 saturated heterocycles. The van der Waals surface area contributed by atoms with E-state index in [-0.39, 0.29) is 11.5 Å². The Morgan fingerprint density at radius 2 is 1.09 bits per heavy atom. The van der Waals surface area contributed by atoms with E-state index in [0.29, 0.717) is 16.1 Å². The first kappa shape index (κ1) is 23.8. The molecule has 0 bridgehead atoms. The van der Waals surface area contributed by atoms with Crippen molar-refractivity contribution in [2.24, 2.45) is 0 Å². The minimum atomic E-state index is -0.403. The van der Waals surface area contributed by atoms with Crippen LogP contribution in [0.1, 0.15) is 50.3 Å². The zero-order valence-electron chi connectivity index (χ0n) is 19.3. The monoisotopic (exact) mass is 452 g/mol. The van der Waals surface area contributed by atoms with Crippen molar-refractivity contribution in [2.75, 3.05) is 36.0 Å². The molecule has 0 fully saturated rings. The molecule has 4 nitrogen and oxygen atoms in total. The summed E-state index contributed by atoms with van der Waals surface area (Å²) in [5.41, 5.74) is 4.19. The molecule has 0 aliphatic carbocycles. The van der Waals surface area contributed by atoms with Crippen molar-refractivity contribution >= 4 is 23.0 Å². The lowest BCUT2D eigenvalue weighted by Gasteiger charge is -2.26. The molecule has 0 aliphatic heterocycles. The molecule has 3 aromatic rings. The summed E-state index contributed by atoms with van der Waals surface area (Å²) in [6, 6.07) is 19.1. The van der Waals surface area contributed by atoms with E-state index in [2.05, 4.69) is 37.5 Å². The van der Waals surface area contributed by atoms with Crippen LogP contribution in [0.15, 0.2) is 60.7 Å². The summed E-state index contributed by atoms with van der Waals surface area (Å²) in [5, 5.41) is 22.7. The Morgan fingerprint density at radius 1 is 0.656 bits per heavy atom. The van der Waals surface area contributed by atoms with Gasteiger partial charge in [0, 0.05) is 71.8 Å². The van der Waals surface area contributed by atoms with Crippen LogP contribution in [0.5, 0.6) is 11.5 Å². The van der Waals surface area contributed by atoms with Crippen molar-refractivity contribution < 1.29 is 10.2 Å². The van der Waals surface area contributed by atoms with Gasteiger partial charge in [0.25, 0.3) is 0 Å². The van der Waals surface area contributed by atoms with Crippen LogP contribution in [-0.4, -0.2) is 36.4 Å². The van der Waals surface area contributed by atoms with Crippen molar-refractivity contribution in [2.45, 2.75) is 33.6 Å². The summed E-state index contributed by atoms with van der Waals surface area (Å²) in [6.45, 7) is 11.8. The third-order valence-electron chi connectivity index (χ3n) is 6.12. The lowest BCUT2D eigenvalue weighted by atomic mass is 9.83. The number of benzene rings is 3. The molecular weight excluding hydrogens is 420 g/mol. The highest BCUT2D eigenvalue weighted by Gasteiger charge is 2.25. The highest BCUT2D eigenvalue weighted by molar-refractivity contribution is 6.31. The maximum atomic E-state index is 11.1. The third-order valence-corrected chi connectivity index (χ3v) is 6.47. The van der Waals surface area contributed by atoms with Crippen molar-refractivity contribution in [3.05, 3.63) is 82.4 Å². The molecule has 3 aromatic carbocycles. The highest BCUT2D eigenvalue weighted by Crippen LogP contribution is 2.44. The van der Waals surface area contributed by atoms with Crippen molar-refractivity contribution in [1.82, 2.24) is 0 Å². The Labute approximate surface area is 196 Å². The maximum absolute atomic E-state index is 11.1. The predicted molar refractivity (Wildman–Crippen MR) is 136 cm³/mol. The zero-order valence-corrected chi connectivity index (χ0v) is 20.1. The molecule has 3 rings (SSSR count). The zero-order chi connectivity index (χ0) is 23.3. The van der Waals surface area contributed by atoms with Gasteiger partial charge in [-0.05, 0) is 51.5 Å². The topological polar surface area (TPSA) is 46.9 Å². The molecular formula is C27H33ClN2O2. The summed E-state index contributed by atoms with van der Waals surface area (Å²) in [7, 11) is 0. The van der Waals surface area contributed by atoms with E-state index in [1.807, 2.05) is 48.5 Å². The molecule has 32 heavy (non-hydrogen) atoms. The molecule has 0 amide bonds. The number of halogens is 1. The van der Waals surface area contributed by atoms with Crippen LogP contribution in [-0.2, 0) is 0 Å². The molecule has 0 aliphatic rings. The summed E-state index contributed by atoms with van der Waals surface area (Å²) >= 11 is 6.60. The summed E-state index contributed by atoms with van der Waals surface area (Å²) in [6.07, 6.45) is 0. The second kappa shape index (κ2) is 10.6. The van der Waals surface area contributed by atoms with Gasteiger partial charge >= 0.3 is 0 Å². The van der Waals surface area contributed by atoms with Gasteiger partial charge in [-0.25, -0.2) is 0 Å². The minimum Gasteiger partial charge on any atom is -0.508 e. The number of anilines is 2. The van der Waals surface area contributed by atoms with Crippen molar-refractivity contribution in [3.63, 3.8) is 0 Å². The first-order valence-electron chi connectivity index (χ1n) is 11.3. The van der Waals surface area contributed by atoms with E-state index in [1.54, 1.807) is 12.1 Å². The quantitative estimate of drug-likeness (QED) is 0.358. The fourth-order valence-corrected chi connectivity index (χ4v) is 4.58. The largest absolute Gasteiger partial charge is 0.508 e. The van der Waals surface area contributed by atoms with Gasteiger partial charge in [-0.15, -0.1) is 0 Å². The van der Waals surface area contributed by atoms with Gasteiger partial charge in [-0.2, -0.15) is 0 Å². The minimum absolute atomic E-state index is 0.187. The number of hydrogen-bond donors (Lipinski definition) is 2. The van der Waals surface area contributed by atoms with Crippen molar-refractivity contribution in [3.8, 4) is 11.5 Å². The van der Waals surface area contributed by atoms with Crippen LogP contribution in [0.2, 0.25) is 5.02 Å². The first-order valence-corrected chi connectivity index (χ1v) is 11.7. The predicted octanol–water partition coefficient (Wildman–Crippen LogP) is 6.62. The van der Waals surface area contributed by atoms with Crippen LogP contribution in [0, 0.1) is 0 Å². The Bertz CT molecular complexity index is 984. The van der Waals surface area contributed by atoms with Gasteiger partial charge in [0.15, 0.2) is 0 Å². The Kier molecular flexibility index (Phi) is 7.92. The maximum Gasteiger partial charge on any atom is 0.121 e. The van der Waals surface area contributed by atoms with Crippen LogP contribution in [0.3, 0.4) is 0 Å². The lowest BCUT2D eigenvalue weighted by molar-refractivity contribution is 0.458. The van der Waals surface area contributed by atoms with E-state index in [9.17, 15) is 10.2 Å². The third kappa shape index (κ3) is 4.81. The average molecular weight is 453 g/mol. The number of phenolic OH excluding ortho intramolecular Hbond substituents is 2. The second-order valence-corrected chi connectivity index (χ2v) is 8.19. The highest BCUT2D eigenvalue weighted by atomic mass is 35.5. The van der Waals surface area contributed by atoms with E-state index < -0.39 is 5.92 Å². The number of aromatic hydroxyl groups is 2. The fraction of sp³-hybridized carbons (Fsp3) is 0.333. The summed E-state index contributed by atoms with van der Waals surface area (Å²) in [4.78, 5) is 4.37. The Balaban J connectivity index is 2.16. The van der Waals surface area contributed by atoms with Crippen LogP contribution in [0.25, 0.3) is 0 Å². The normalized spacial score (nSPS) is 11.1.